The third-order valence-electron chi connectivity index (χ3n) is 7.70. The van der Waals surface area contributed by atoms with Crippen molar-refractivity contribution in [3.8, 4) is 0 Å². The molecule has 11 heteroatoms. The average Bonchev–Trinajstić information content (AvgIpc) is 3.35. The van der Waals surface area contributed by atoms with Crippen molar-refractivity contribution < 1.29 is 33.0 Å². The van der Waals surface area contributed by atoms with Crippen LogP contribution in [0.25, 0.3) is 6.08 Å². The molecule has 246 valence electrons. The molecule has 0 aromatic carbocycles. The molecule has 0 saturated carbocycles. The van der Waals surface area contributed by atoms with Gasteiger partial charge in [0.1, 0.15) is 36.6 Å². The maximum absolute atomic E-state index is 13.9. The van der Waals surface area contributed by atoms with Crippen LogP contribution in [0.5, 0.6) is 0 Å². The number of aryl methyl sites for hydroxylation is 1. The van der Waals surface area contributed by atoms with E-state index in [0.717, 1.165) is 11.1 Å². The Bertz CT molecular complexity index is 1210. The number of esters is 1. The highest BCUT2D eigenvalue weighted by atomic mass is 35.6. The Kier molecular flexibility index (Phi) is 16.0. The zero-order valence-electron chi connectivity index (χ0n) is 27.0. The van der Waals surface area contributed by atoms with Gasteiger partial charge in [0, 0.05) is 25.2 Å². The summed E-state index contributed by atoms with van der Waals surface area (Å²) in [6.45, 7) is 21.4. The number of alkyl halides is 3. The van der Waals surface area contributed by atoms with Crippen molar-refractivity contribution in [2.45, 2.75) is 90.7 Å². The minimum atomic E-state index is -1.81. The summed E-state index contributed by atoms with van der Waals surface area (Å²) in [7, 11) is 0. The van der Waals surface area contributed by atoms with Gasteiger partial charge in [-0.15, -0.1) is 6.58 Å². The molecule has 8 nitrogen and oxygen atoms in total. The number of nitrogens with zero attached hydrogens (tertiary/aromatic N) is 1. The first-order valence-electron chi connectivity index (χ1n) is 14.5. The summed E-state index contributed by atoms with van der Waals surface area (Å²) in [5.74, 6) is -1.53. The standard InChI is InChI=1S/C33H46Cl3NO7/c1-11-13-21(4)29(44-31(40)42-19-33(34,35)36)24(7)30(39)32(9,10)23(6)17-28(38)43-27(15-14-20(3)12-2)22(5)16-26-18-41-25(8)37-26/h11-12,14,16,18,21,23-24,27,29H,1-2,13,15,17,19H2,3-10H3/b20-14-,22-16+/t21-,23-,24+,27-,29-/m0/s1. The van der Waals surface area contributed by atoms with Crippen LogP contribution in [-0.4, -0.2) is 45.5 Å². The van der Waals surface area contributed by atoms with Crippen molar-refractivity contribution in [3.05, 3.63) is 60.4 Å². The van der Waals surface area contributed by atoms with Gasteiger partial charge in [0.25, 0.3) is 0 Å². The second kappa shape index (κ2) is 17.8. The zero-order valence-corrected chi connectivity index (χ0v) is 29.2. The van der Waals surface area contributed by atoms with Crippen LogP contribution in [-0.2, 0) is 23.8 Å². The third-order valence-corrected chi connectivity index (χ3v) is 8.03. The smallest absolute Gasteiger partial charge is 0.457 e. The predicted octanol–water partition coefficient (Wildman–Crippen LogP) is 9.18. The lowest BCUT2D eigenvalue weighted by Gasteiger charge is -2.36. The van der Waals surface area contributed by atoms with E-state index in [-0.39, 0.29) is 18.1 Å². The second-order valence-corrected chi connectivity index (χ2v) is 14.3. The van der Waals surface area contributed by atoms with Crippen molar-refractivity contribution >= 4 is 58.8 Å². The number of carbonyl (C=O) groups is 3. The van der Waals surface area contributed by atoms with Gasteiger partial charge in [-0.05, 0) is 43.8 Å². The quantitative estimate of drug-likeness (QED) is 0.0697. The monoisotopic (exact) mass is 673 g/mol. The fraction of sp³-hybridized carbons (Fsp3) is 0.576. The molecule has 1 rings (SSSR count). The fourth-order valence-electron chi connectivity index (χ4n) is 4.56. The molecule has 0 saturated heterocycles. The number of Topliss-reactive ketones (excluding diaryl/α,β-unsaturated/α-hetero) is 1. The molecule has 0 aliphatic heterocycles. The summed E-state index contributed by atoms with van der Waals surface area (Å²) in [6, 6.07) is 0. The van der Waals surface area contributed by atoms with Gasteiger partial charge in [0.15, 0.2) is 5.89 Å². The van der Waals surface area contributed by atoms with Gasteiger partial charge in [-0.1, -0.05) is 99.8 Å². The highest BCUT2D eigenvalue weighted by molar-refractivity contribution is 6.67. The molecule has 0 aliphatic rings. The predicted molar refractivity (Wildman–Crippen MR) is 176 cm³/mol. The first-order chi connectivity index (χ1) is 20.3. The second-order valence-electron chi connectivity index (χ2n) is 11.8. The molecule has 0 fully saturated rings. The maximum Gasteiger partial charge on any atom is 0.508 e. The van der Waals surface area contributed by atoms with E-state index in [0.29, 0.717) is 24.4 Å². The molecule has 0 N–H and O–H groups in total. The van der Waals surface area contributed by atoms with Gasteiger partial charge in [-0.2, -0.15) is 0 Å². The van der Waals surface area contributed by atoms with Gasteiger partial charge in [0.05, 0.1) is 5.92 Å². The topological polar surface area (TPSA) is 105 Å². The highest BCUT2D eigenvalue weighted by Gasteiger charge is 2.43. The van der Waals surface area contributed by atoms with Crippen molar-refractivity contribution in [2.75, 3.05) is 6.61 Å². The Balaban J connectivity index is 3.10. The minimum absolute atomic E-state index is 0.0124. The first-order valence-corrected chi connectivity index (χ1v) is 15.6. The van der Waals surface area contributed by atoms with Crippen LogP contribution in [0.4, 0.5) is 4.79 Å². The molecule has 0 bridgehead atoms. The van der Waals surface area contributed by atoms with E-state index < -0.39 is 52.0 Å². The largest absolute Gasteiger partial charge is 0.508 e. The molecule has 1 aromatic rings. The van der Waals surface area contributed by atoms with E-state index in [1.54, 1.807) is 39.8 Å². The van der Waals surface area contributed by atoms with E-state index >= 15 is 0 Å². The molecule has 0 aliphatic carbocycles. The van der Waals surface area contributed by atoms with Crippen LogP contribution in [0.15, 0.2) is 53.2 Å². The lowest BCUT2D eigenvalue weighted by atomic mass is 9.69. The van der Waals surface area contributed by atoms with Crippen molar-refractivity contribution in [3.63, 3.8) is 0 Å². The van der Waals surface area contributed by atoms with Crippen molar-refractivity contribution in [1.82, 2.24) is 4.98 Å². The van der Waals surface area contributed by atoms with Crippen LogP contribution >= 0.6 is 34.8 Å². The summed E-state index contributed by atoms with van der Waals surface area (Å²) in [5, 5.41) is 0. The Labute approximate surface area is 276 Å². The van der Waals surface area contributed by atoms with E-state index in [4.69, 9.17) is 53.4 Å². The number of oxazole rings is 1. The van der Waals surface area contributed by atoms with Gasteiger partial charge >= 0.3 is 12.1 Å². The number of hydrogen-bond acceptors (Lipinski definition) is 8. The SMILES string of the molecule is C=CC[C@H](C)[C@H](OC(=O)OCC(Cl)(Cl)Cl)[C@@H](C)C(=O)C(C)(C)[C@@H](C)CC(=O)O[C@@H](C/C=C(/C)C=C)/C(C)=C/c1coc(C)n1. The number of rotatable bonds is 17. The molecule has 0 radical (unpaired) electrons. The lowest BCUT2D eigenvalue weighted by molar-refractivity contribution is -0.150. The summed E-state index contributed by atoms with van der Waals surface area (Å²) in [6.07, 6.45) is 7.13. The highest BCUT2D eigenvalue weighted by Crippen LogP contribution is 2.37. The number of ether oxygens (including phenoxy) is 3. The molecule has 1 aromatic heterocycles. The Morgan fingerprint density at radius 1 is 1.07 bits per heavy atom. The molecule has 1 heterocycles. The number of carbonyl (C=O) groups excluding carboxylic acids is 3. The van der Waals surface area contributed by atoms with E-state index in [2.05, 4.69) is 18.1 Å². The van der Waals surface area contributed by atoms with E-state index in [1.807, 2.05) is 39.8 Å². The van der Waals surface area contributed by atoms with Crippen LogP contribution < -0.4 is 0 Å². The third kappa shape index (κ3) is 13.2. The van der Waals surface area contributed by atoms with Crippen LogP contribution in [0.3, 0.4) is 0 Å². The van der Waals surface area contributed by atoms with E-state index in [1.165, 1.54) is 6.26 Å². The van der Waals surface area contributed by atoms with Gasteiger partial charge in [-0.25, -0.2) is 9.78 Å². The zero-order chi connectivity index (χ0) is 33.8. The average molecular weight is 675 g/mol. The van der Waals surface area contributed by atoms with Crippen LogP contribution in [0.1, 0.15) is 79.3 Å². The van der Waals surface area contributed by atoms with Gasteiger partial charge in [0.2, 0.25) is 3.79 Å². The Morgan fingerprint density at radius 2 is 1.70 bits per heavy atom. The normalized spacial score (nSPS) is 16.2. The lowest BCUT2D eigenvalue weighted by Crippen LogP contribution is -2.44. The molecule has 5 atom stereocenters. The number of aromatic nitrogens is 1. The van der Waals surface area contributed by atoms with Gasteiger partial charge < -0.3 is 18.6 Å². The molecular formula is C33H46Cl3NO7. The Hall–Kier alpha value is -2.55. The molecule has 0 spiro atoms. The molecule has 0 amide bonds. The maximum atomic E-state index is 13.9. The Morgan fingerprint density at radius 3 is 2.23 bits per heavy atom. The first kappa shape index (κ1) is 39.5. The van der Waals surface area contributed by atoms with Crippen molar-refractivity contribution in [1.29, 1.82) is 0 Å². The number of halogens is 3. The van der Waals surface area contributed by atoms with Crippen molar-refractivity contribution in [2.24, 2.45) is 23.2 Å². The summed E-state index contributed by atoms with van der Waals surface area (Å²) < 4.78 is 19.9. The summed E-state index contributed by atoms with van der Waals surface area (Å²) in [5.41, 5.74) is 1.38. The number of ketones is 1. The number of allylic oxidation sites excluding steroid dienone is 3. The molecular weight excluding hydrogens is 629 g/mol. The fourth-order valence-corrected chi connectivity index (χ4v) is 4.72. The van der Waals surface area contributed by atoms with Crippen LogP contribution in [0, 0.1) is 30.1 Å². The van der Waals surface area contributed by atoms with Gasteiger partial charge in [-0.3, -0.25) is 9.59 Å². The molecule has 0 unspecified atom stereocenters. The van der Waals surface area contributed by atoms with E-state index in [9.17, 15) is 14.4 Å². The summed E-state index contributed by atoms with van der Waals surface area (Å²) >= 11 is 17.0. The van der Waals surface area contributed by atoms with Crippen LogP contribution in [0.2, 0.25) is 0 Å². The minimum Gasteiger partial charge on any atom is -0.457 e. The number of hydrogen-bond donors (Lipinski definition) is 0. The molecule has 44 heavy (non-hydrogen) atoms. The summed E-state index contributed by atoms with van der Waals surface area (Å²) in [4.78, 5) is 43.8.